The molecule has 42 heavy (non-hydrogen) atoms. The molecular formula is C27H30Cl2F9N3O. The van der Waals surface area contributed by atoms with Crippen LogP contribution in [0.2, 0.25) is 0 Å². The lowest BCUT2D eigenvalue weighted by molar-refractivity contribution is -0.143. The van der Waals surface area contributed by atoms with Crippen molar-refractivity contribution in [3.8, 4) is 0 Å². The summed E-state index contributed by atoms with van der Waals surface area (Å²) in [5.41, 5.74) is -3.25. The molecule has 2 saturated heterocycles. The zero-order valence-corrected chi connectivity index (χ0v) is 23.8. The minimum Gasteiger partial charge on any atom is -0.333 e. The summed E-state index contributed by atoms with van der Waals surface area (Å²) in [6.45, 7) is 2.02. The molecule has 0 unspecified atom stereocenters. The zero-order valence-electron chi connectivity index (χ0n) is 22.2. The van der Waals surface area contributed by atoms with E-state index in [1.807, 2.05) is 9.80 Å². The fraction of sp³-hybridized carbons (Fsp3) is 0.519. The lowest BCUT2D eigenvalue weighted by Gasteiger charge is -2.42. The van der Waals surface area contributed by atoms with Crippen LogP contribution in [0.5, 0.6) is 0 Å². The van der Waals surface area contributed by atoms with Gasteiger partial charge in [-0.15, -0.1) is 24.8 Å². The molecule has 0 aromatic heterocycles. The minimum atomic E-state index is -5.10. The molecule has 2 fully saturated rings. The topological polar surface area (TPSA) is 26.8 Å². The Hall–Kier alpha value is -2.22. The van der Waals surface area contributed by atoms with E-state index in [2.05, 4.69) is 0 Å². The Morgan fingerprint density at radius 1 is 0.786 bits per heavy atom. The van der Waals surface area contributed by atoms with Gasteiger partial charge in [-0.05, 0) is 42.3 Å². The average molecular weight is 654 g/mol. The van der Waals surface area contributed by atoms with Gasteiger partial charge in [0.25, 0.3) is 11.8 Å². The van der Waals surface area contributed by atoms with E-state index in [0.29, 0.717) is 37.3 Å². The molecule has 2 aliphatic rings. The summed E-state index contributed by atoms with van der Waals surface area (Å²) < 4.78 is 121. The Labute approximate surface area is 249 Å². The van der Waals surface area contributed by atoms with Gasteiger partial charge in [0.15, 0.2) is 0 Å². The maximum Gasteiger partial charge on any atom is 0.416 e. The molecule has 0 saturated carbocycles. The van der Waals surface area contributed by atoms with Gasteiger partial charge in [0.05, 0.1) is 11.1 Å². The van der Waals surface area contributed by atoms with Crippen LogP contribution in [0.15, 0.2) is 42.5 Å². The summed E-state index contributed by atoms with van der Waals surface area (Å²) in [7, 11) is 0. The largest absolute Gasteiger partial charge is 0.416 e. The van der Waals surface area contributed by atoms with Crippen molar-refractivity contribution in [2.24, 2.45) is 0 Å². The highest BCUT2D eigenvalue weighted by Crippen LogP contribution is 2.37. The number of benzene rings is 2. The number of alkyl halides is 8. The number of piperidine rings is 1. The van der Waals surface area contributed by atoms with Crippen LogP contribution in [-0.2, 0) is 18.8 Å². The van der Waals surface area contributed by atoms with Crippen LogP contribution in [0.4, 0.5) is 39.5 Å². The van der Waals surface area contributed by atoms with E-state index in [1.165, 1.54) is 29.2 Å². The summed E-state index contributed by atoms with van der Waals surface area (Å²) in [6, 6.07) is 5.61. The first kappa shape index (κ1) is 36.0. The van der Waals surface area contributed by atoms with Crippen molar-refractivity contribution in [2.75, 3.05) is 45.8 Å². The van der Waals surface area contributed by atoms with Crippen LogP contribution >= 0.6 is 24.8 Å². The number of carbonyl (C=O) groups excluding carboxylic acids is 1. The zero-order chi connectivity index (χ0) is 29.3. The molecular weight excluding hydrogens is 624 g/mol. The lowest BCUT2D eigenvalue weighted by atomic mass is 9.99. The van der Waals surface area contributed by atoms with Gasteiger partial charge in [0, 0.05) is 70.3 Å². The number of rotatable bonds is 6. The number of nitrogens with zero attached hydrogens (tertiary/aromatic N) is 3. The van der Waals surface area contributed by atoms with E-state index in [4.69, 9.17) is 0 Å². The highest BCUT2D eigenvalue weighted by atomic mass is 35.5. The van der Waals surface area contributed by atoms with Crippen molar-refractivity contribution in [1.82, 2.24) is 14.7 Å². The van der Waals surface area contributed by atoms with Gasteiger partial charge in [-0.3, -0.25) is 9.69 Å². The van der Waals surface area contributed by atoms with Crippen molar-refractivity contribution < 1.29 is 44.3 Å². The van der Waals surface area contributed by atoms with Crippen LogP contribution < -0.4 is 0 Å². The summed E-state index contributed by atoms with van der Waals surface area (Å²) >= 11 is 0. The second kappa shape index (κ2) is 14.0. The molecule has 2 heterocycles. The van der Waals surface area contributed by atoms with Gasteiger partial charge >= 0.3 is 12.4 Å². The molecule has 4 rings (SSSR count). The Balaban J connectivity index is 0.00000308. The van der Waals surface area contributed by atoms with Gasteiger partial charge in [-0.2, -0.15) is 26.3 Å². The summed E-state index contributed by atoms with van der Waals surface area (Å²) in [6.07, 6.45) is -10.5. The molecule has 2 aliphatic heterocycles. The second-order valence-electron chi connectivity index (χ2n) is 10.3. The maximum absolute atomic E-state index is 13.5. The molecule has 0 bridgehead atoms. The Morgan fingerprint density at radius 2 is 1.31 bits per heavy atom. The van der Waals surface area contributed by atoms with Crippen LogP contribution in [0.3, 0.4) is 0 Å². The van der Waals surface area contributed by atoms with Crippen LogP contribution in [0.25, 0.3) is 0 Å². The summed E-state index contributed by atoms with van der Waals surface area (Å²) in [5.74, 6) is -4.14. The fourth-order valence-electron chi connectivity index (χ4n) is 5.09. The molecule has 1 atom stereocenters. The Morgan fingerprint density at radius 3 is 1.83 bits per heavy atom. The minimum absolute atomic E-state index is 0. The number of amides is 1. The molecule has 15 heteroatoms. The normalized spacial score (nSPS) is 20.0. The van der Waals surface area contributed by atoms with Crippen molar-refractivity contribution in [3.63, 3.8) is 0 Å². The highest BCUT2D eigenvalue weighted by molar-refractivity contribution is 5.95. The van der Waals surface area contributed by atoms with Gasteiger partial charge < -0.3 is 9.80 Å². The maximum atomic E-state index is 13.5. The lowest BCUT2D eigenvalue weighted by Crippen LogP contribution is -2.57. The average Bonchev–Trinajstić information content (AvgIpc) is 2.88. The second-order valence-corrected chi connectivity index (χ2v) is 10.3. The third kappa shape index (κ3) is 9.39. The summed E-state index contributed by atoms with van der Waals surface area (Å²) in [4.78, 5) is 18.6. The standard InChI is InChI=1S/C27H28F9N3O.2ClH/c28-22-3-1-18(2-4-22)13-23-17-38(10-9-37-7-5-25(29,30)6-8-37)11-12-39(23)24(40)19-14-20(26(31,32)33)16-21(15-19)27(34,35)36;;/h1-4,14-16,23H,5-13,17H2;2*1H/t23-;;/m1../s1. The Bertz CT molecular complexity index is 1150. The number of hydrogen-bond donors (Lipinski definition) is 0. The molecule has 2 aromatic carbocycles. The van der Waals surface area contributed by atoms with Crippen LogP contribution in [0, 0.1) is 5.82 Å². The number of piperazine rings is 1. The van der Waals surface area contributed by atoms with Crippen molar-refractivity contribution >= 4 is 30.7 Å². The predicted molar refractivity (Wildman–Crippen MR) is 143 cm³/mol. The van der Waals surface area contributed by atoms with Gasteiger partial charge in [0.1, 0.15) is 5.82 Å². The molecule has 0 N–H and O–H groups in total. The summed E-state index contributed by atoms with van der Waals surface area (Å²) in [5, 5.41) is 0. The van der Waals surface area contributed by atoms with Gasteiger partial charge in [-0.25, -0.2) is 13.2 Å². The van der Waals surface area contributed by atoms with E-state index in [9.17, 15) is 44.3 Å². The molecule has 4 nitrogen and oxygen atoms in total. The third-order valence-corrected chi connectivity index (χ3v) is 7.37. The molecule has 1 amide bonds. The van der Waals surface area contributed by atoms with Crippen LogP contribution in [-0.4, -0.2) is 78.4 Å². The fourth-order valence-corrected chi connectivity index (χ4v) is 5.09. The van der Waals surface area contributed by atoms with Crippen molar-refractivity contribution in [2.45, 2.75) is 43.6 Å². The smallest absolute Gasteiger partial charge is 0.333 e. The number of likely N-dealkylation sites (tertiary alicyclic amines) is 1. The van der Waals surface area contributed by atoms with E-state index < -0.39 is 52.7 Å². The number of hydrogen-bond acceptors (Lipinski definition) is 3. The molecule has 0 aliphatic carbocycles. The molecule has 0 radical (unpaired) electrons. The first-order chi connectivity index (χ1) is 18.6. The van der Waals surface area contributed by atoms with Crippen molar-refractivity contribution in [3.05, 3.63) is 70.5 Å². The monoisotopic (exact) mass is 653 g/mol. The molecule has 2 aromatic rings. The molecule has 236 valence electrons. The molecule has 0 spiro atoms. The quantitative estimate of drug-likeness (QED) is 0.321. The van der Waals surface area contributed by atoms with E-state index in [0.717, 1.165) is 0 Å². The van der Waals surface area contributed by atoms with E-state index >= 15 is 0 Å². The SMILES string of the molecule is Cl.Cl.O=C(c1cc(C(F)(F)F)cc(C(F)(F)F)c1)N1CCN(CCN2CCC(F)(F)CC2)C[C@H]1Cc1ccc(F)cc1. The first-order valence-corrected chi connectivity index (χ1v) is 12.8. The van der Waals surface area contributed by atoms with Gasteiger partial charge in [0.2, 0.25) is 0 Å². The predicted octanol–water partition coefficient (Wildman–Crippen LogP) is 6.81. The Kier molecular flexibility index (Phi) is 12.0. The van der Waals surface area contributed by atoms with E-state index in [1.54, 1.807) is 0 Å². The number of halogens is 11. The van der Waals surface area contributed by atoms with E-state index in [-0.39, 0.29) is 76.3 Å². The van der Waals surface area contributed by atoms with Crippen molar-refractivity contribution in [1.29, 1.82) is 0 Å². The number of carbonyl (C=O) groups is 1. The first-order valence-electron chi connectivity index (χ1n) is 12.8. The van der Waals surface area contributed by atoms with Crippen LogP contribution in [0.1, 0.15) is 39.9 Å². The highest BCUT2D eigenvalue weighted by Gasteiger charge is 2.39. The third-order valence-electron chi connectivity index (χ3n) is 7.37. The van der Waals surface area contributed by atoms with Gasteiger partial charge in [-0.1, -0.05) is 12.1 Å².